The van der Waals surface area contributed by atoms with Gasteiger partial charge in [0.15, 0.2) is 6.10 Å². The zero-order valence-corrected chi connectivity index (χ0v) is 50.4. The smallest absolute Gasteiger partial charge is 0.306 e. The maximum absolute atomic E-state index is 12.9. The summed E-state index contributed by atoms with van der Waals surface area (Å²) in [5.74, 6) is -0.892. The summed E-state index contributed by atoms with van der Waals surface area (Å²) in [6.07, 6.45) is 88.0. The Kier molecular flexibility index (Phi) is 61.3. The molecule has 0 heterocycles. The van der Waals surface area contributed by atoms with Crippen molar-refractivity contribution in [2.24, 2.45) is 0 Å². The summed E-state index contributed by atoms with van der Waals surface area (Å²) in [5.41, 5.74) is 0. The van der Waals surface area contributed by atoms with Gasteiger partial charge in [-0.25, -0.2) is 0 Å². The van der Waals surface area contributed by atoms with Gasteiger partial charge in [-0.2, -0.15) is 0 Å². The second kappa shape index (κ2) is 64.6. The van der Waals surface area contributed by atoms with Gasteiger partial charge in [0.25, 0.3) is 0 Å². The third kappa shape index (κ3) is 62.8. The van der Waals surface area contributed by atoms with Crippen LogP contribution in [-0.4, -0.2) is 37.2 Å². The fraction of sp³-hybridized carbons (Fsp3) is 0.704. The van der Waals surface area contributed by atoms with E-state index in [1.54, 1.807) is 0 Å². The lowest BCUT2D eigenvalue weighted by molar-refractivity contribution is -0.167. The molecule has 0 aliphatic rings. The van der Waals surface area contributed by atoms with Crippen LogP contribution in [0.4, 0.5) is 0 Å². The number of ether oxygens (including phenoxy) is 3. The van der Waals surface area contributed by atoms with Gasteiger partial charge in [0.05, 0.1) is 0 Å². The van der Waals surface area contributed by atoms with E-state index in [1.807, 2.05) is 0 Å². The Morgan fingerprint density at radius 3 is 0.792 bits per heavy atom. The molecule has 0 aliphatic carbocycles. The van der Waals surface area contributed by atoms with Crippen molar-refractivity contribution in [3.05, 3.63) is 109 Å². The van der Waals surface area contributed by atoms with E-state index in [-0.39, 0.29) is 31.1 Å². The number of carbonyl (C=O) groups excluding carboxylic acids is 3. The summed E-state index contributed by atoms with van der Waals surface area (Å²) < 4.78 is 16.9. The van der Waals surface area contributed by atoms with Crippen molar-refractivity contribution in [3.8, 4) is 0 Å². The van der Waals surface area contributed by atoms with Crippen LogP contribution >= 0.6 is 0 Å². The largest absolute Gasteiger partial charge is 0.462 e. The second-order valence-corrected chi connectivity index (χ2v) is 21.3. The van der Waals surface area contributed by atoms with E-state index in [0.29, 0.717) is 19.3 Å². The van der Waals surface area contributed by atoms with Gasteiger partial charge in [-0.1, -0.05) is 291 Å². The van der Waals surface area contributed by atoms with Crippen LogP contribution in [0.2, 0.25) is 0 Å². The van der Waals surface area contributed by atoms with Gasteiger partial charge in [-0.15, -0.1) is 0 Å². The highest BCUT2D eigenvalue weighted by Gasteiger charge is 2.19. The molecule has 1 atom stereocenters. The van der Waals surface area contributed by atoms with Gasteiger partial charge in [0, 0.05) is 19.3 Å². The van der Waals surface area contributed by atoms with Crippen LogP contribution in [0, 0.1) is 0 Å². The predicted molar refractivity (Wildman–Crippen MR) is 334 cm³/mol. The molecule has 0 amide bonds. The Hall–Kier alpha value is -3.93. The Morgan fingerprint density at radius 2 is 0.506 bits per heavy atom. The topological polar surface area (TPSA) is 78.9 Å². The Balaban J connectivity index is 4.40. The fourth-order valence-electron chi connectivity index (χ4n) is 8.99. The first kappa shape index (κ1) is 73.1. The van der Waals surface area contributed by atoms with Gasteiger partial charge >= 0.3 is 17.9 Å². The number of allylic oxidation sites excluding steroid dienone is 18. The van der Waals surface area contributed by atoms with Crippen LogP contribution in [0.3, 0.4) is 0 Å². The molecule has 0 spiro atoms. The highest BCUT2D eigenvalue weighted by molar-refractivity contribution is 5.71. The molecule has 6 nitrogen and oxygen atoms in total. The minimum Gasteiger partial charge on any atom is -0.462 e. The molecular weight excluding hydrogens is 949 g/mol. The SMILES string of the molecule is CC/C=C\C/C=C\C/C=C\C/C=C\C/C=C\CCCCCCCCCC(=O)OCC(COC(=O)CCCCCCCCCCCCCCCCC)OC(=O)CCCCCCCCCC/C=C\C/C=C\C/C=C\C/C=C\CC. The molecule has 0 rings (SSSR count). The molecule has 0 aromatic heterocycles. The predicted octanol–water partition coefficient (Wildman–Crippen LogP) is 22.2. The fourth-order valence-corrected chi connectivity index (χ4v) is 8.99. The van der Waals surface area contributed by atoms with Crippen molar-refractivity contribution in [3.63, 3.8) is 0 Å². The first-order chi connectivity index (χ1) is 38.0. The minimum atomic E-state index is -0.789. The lowest BCUT2D eigenvalue weighted by Crippen LogP contribution is -2.30. The summed E-state index contributed by atoms with van der Waals surface area (Å²) in [6, 6.07) is 0. The molecule has 0 saturated carbocycles. The molecule has 0 saturated heterocycles. The van der Waals surface area contributed by atoms with Crippen molar-refractivity contribution in [1.29, 1.82) is 0 Å². The maximum Gasteiger partial charge on any atom is 0.306 e. The Morgan fingerprint density at radius 1 is 0.273 bits per heavy atom. The first-order valence-corrected chi connectivity index (χ1v) is 32.4. The Bertz CT molecular complexity index is 1560. The van der Waals surface area contributed by atoms with Crippen molar-refractivity contribution >= 4 is 17.9 Å². The van der Waals surface area contributed by atoms with Crippen molar-refractivity contribution in [2.45, 2.75) is 309 Å². The van der Waals surface area contributed by atoms with Crippen LogP contribution in [0.1, 0.15) is 303 Å². The van der Waals surface area contributed by atoms with E-state index in [0.717, 1.165) is 128 Å². The highest BCUT2D eigenvalue weighted by atomic mass is 16.6. The van der Waals surface area contributed by atoms with Crippen LogP contribution in [-0.2, 0) is 28.6 Å². The molecule has 1 unspecified atom stereocenters. The molecule has 0 aromatic rings. The second-order valence-electron chi connectivity index (χ2n) is 21.3. The maximum atomic E-state index is 12.9. The van der Waals surface area contributed by atoms with Crippen LogP contribution in [0.15, 0.2) is 109 Å². The third-order valence-electron chi connectivity index (χ3n) is 13.8. The van der Waals surface area contributed by atoms with E-state index < -0.39 is 6.10 Å². The number of carbonyl (C=O) groups is 3. The zero-order chi connectivity index (χ0) is 55.7. The number of unbranched alkanes of at least 4 members (excludes halogenated alkanes) is 29. The molecule has 0 radical (unpaired) electrons. The lowest BCUT2D eigenvalue weighted by Gasteiger charge is -2.18. The van der Waals surface area contributed by atoms with E-state index in [2.05, 4.69) is 130 Å². The molecule has 0 fully saturated rings. The Labute approximate surface area is 476 Å². The van der Waals surface area contributed by atoms with Gasteiger partial charge < -0.3 is 14.2 Å². The third-order valence-corrected chi connectivity index (χ3v) is 13.8. The quantitative estimate of drug-likeness (QED) is 0.0261. The highest BCUT2D eigenvalue weighted by Crippen LogP contribution is 2.16. The molecule has 0 aliphatic heterocycles. The van der Waals surface area contributed by atoms with E-state index >= 15 is 0 Å². The average molecular weight is 1070 g/mol. The average Bonchev–Trinajstić information content (AvgIpc) is 3.43. The summed E-state index contributed by atoms with van der Waals surface area (Å²) in [5, 5.41) is 0. The summed E-state index contributed by atoms with van der Waals surface area (Å²) in [7, 11) is 0. The van der Waals surface area contributed by atoms with Crippen LogP contribution < -0.4 is 0 Å². The van der Waals surface area contributed by atoms with E-state index in [4.69, 9.17) is 14.2 Å². The van der Waals surface area contributed by atoms with Gasteiger partial charge in [-0.3, -0.25) is 14.4 Å². The number of rotatable bonds is 58. The molecule has 77 heavy (non-hydrogen) atoms. The first-order valence-electron chi connectivity index (χ1n) is 32.4. The summed E-state index contributed by atoms with van der Waals surface area (Å²) in [6.45, 7) is 6.43. The van der Waals surface area contributed by atoms with E-state index in [1.165, 1.54) is 135 Å². The summed E-state index contributed by atoms with van der Waals surface area (Å²) in [4.78, 5) is 38.4. The van der Waals surface area contributed by atoms with Crippen molar-refractivity contribution < 1.29 is 28.6 Å². The molecular formula is C71H120O6. The number of esters is 3. The molecule has 0 N–H and O–H groups in total. The number of hydrogen-bond acceptors (Lipinski definition) is 6. The van der Waals surface area contributed by atoms with E-state index in [9.17, 15) is 14.4 Å². The lowest BCUT2D eigenvalue weighted by atomic mass is 10.0. The normalized spacial score (nSPS) is 12.8. The standard InChI is InChI=1S/C71H120O6/c1-4-7-10-13-16-19-22-25-28-30-32-34-35-37-38-40-43-46-49-52-55-58-61-64-70(73)76-67-68(66-75-69(72)63-60-57-54-51-48-45-42-27-24-21-18-15-12-9-6-3)77-71(74)65-62-59-56-53-50-47-44-41-39-36-33-31-29-26-23-20-17-14-11-8-5-2/h7-8,10-11,16-17,19-20,25-26,28-29,32-34,36-38,68H,4-6,9,12-15,18,21-24,27,30-31,35,39-67H2,1-3H3/b10-7-,11-8-,19-16-,20-17-,28-25-,29-26-,34-32-,36-33-,38-37-. The molecule has 6 heteroatoms. The minimum absolute atomic E-state index is 0.0834. The monoisotopic (exact) mass is 1070 g/mol. The van der Waals surface area contributed by atoms with Gasteiger partial charge in [-0.05, 0) is 103 Å². The van der Waals surface area contributed by atoms with Crippen molar-refractivity contribution in [2.75, 3.05) is 13.2 Å². The zero-order valence-electron chi connectivity index (χ0n) is 50.4. The van der Waals surface area contributed by atoms with Gasteiger partial charge in [0.2, 0.25) is 0 Å². The molecule has 440 valence electrons. The van der Waals surface area contributed by atoms with Crippen molar-refractivity contribution in [1.82, 2.24) is 0 Å². The van der Waals surface area contributed by atoms with Crippen LogP contribution in [0.25, 0.3) is 0 Å². The van der Waals surface area contributed by atoms with Crippen LogP contribution in [0.5, 0.6) is 0 Å². The molecule has 0 aromatic carbocycles. The van der Waals surface area contributed by atoms with Gasteiger partial charge in [0.1, 0.15) is 13.2 Å². The summed E-state index contributed by atoms with van der Waals surface area (Å²) >= 11 is 0. The number of hydrogen-bond donors (Lipinski definition) is 0. The molecule has 0 bridgehead atoms.